The Kier molecular flexibility index (Phi) is 5.11. The Hall–Kier alpha value is -0.300. The van der Waals surface area contributed by atoms with Crippen molar-refractivity contribution in [3.05, 3.63) is 35.4 Å². The van der Waals surface area contributed by atoms with Crippen LogP contribution in [0.25, 0.3) is 0 Å². The first kappa shape index (κ1) is 15.1. The summed E-state index contributed by atoms with van der Waals surface area (Å²) >= 11 is 3.70. The second kappa shape index (κ2) is 6.43. The van der Waals surface area contributed by atoms with Crippen LogP contribution in [-0.2, 0) is 0 Å². The molecule has 1 heterocycles. The van der Waals surface area contributed by atoms with E-state index in [-0.39, 0.29) is 11.3 Å². The number of hydrogen-bond acceptors (Lipinski definition) is 4. The second-order valence-electron chi connectivity index (χ2n) is 4.77. The summed E-state index contributed by atoms with van der Waals surface area (Å²) in [5, 5.41) is 1.30. The first-order valence-corrected chi connectivity index (χ1v) is 8.19. The maximum atomic E-state index is 13.3. The van der Waals surface area contributed by atoms with Crippen molar-refractivity contribution in [1.29, 1.82) is 0 Å². The molecule has 1 saturated heterocycles. The molecule has 3 N–H and O–H groups in total. The lowest BCUT2D eigenvalue weighted by Crippen LogP contribution is -2.40. The van der Waals surface area contributed by atoms with Gasteiger partial charge in [-0.15, -0.1) is 0 Å². The fourth-order valence-corrected chi connectivity index (χ4v) is 5.26. The summed E-state index contributed by atoms with van der Waals surface area (Å²) < 4.78 is 26.6. The van der Waals surface area contributed by atoms with Gasteiger partial charge < -0.3 is 0 Å². The summed E-state index contributed by atoms with van der Waals surface area (Å²) in [5.74, 6) is 5.39. The second-order valence-corrected chi connectivity index (χ2v) is 7.80. The van der Waals surface area contributed by atoms with Crippen molar-refractivity contribution in [3.63, 3.8) is 0 Å². The molecule has 0 radical (unpaired) electrons. The fraction of sp³-hybridized carbons (Fsp3) is 0.538. The quantitative estimate of drug-likeness (QED) is 0.665. The Morgan fingerprint density at radius 2 is 1.84 bits per heavy atom. The third-order valence-electron chi connectivity index (χ3n) is 3.37. The van der Waals surface area contributed by atoms with Gasteiger partial charge in [0.05, 0.1) is 6.04 Å². The number of halogens is 2. The number of nitrogens with one attached hydrogen (secondary N) is 1. The Morgan fingerprint density at radius 1 is 1.21 bits per heavy atom. The van der Waals surface area contributed by atoms with Crippen molar-refractivity contribution in [2.24, 2.45) is 5.84 Å². The predicted molar refractivity (Wildman–Crippen MR) is 79.2 cm³/mol. The number of benzene rings is 1. The molecular formula is C13H18F2N2S2. The van der Waals surface area contributed by atoms with Crippen LogP contribution in [0.2, 0.25) is 0 Å². The molecule has 2 nitrogen and oxygen atoms in total. The minimum Gasteiger partial charge on any atom is -0.271 e. The van der Waals surface area contributed by atoms with Gasteiger partial charge in [0, 0.05) is 27.6 Å². The molecule has 2 rings (SSSR count). The van der Waals surface area contributed by atoms with Crippen LogP contribution in [0.5, 0.6) is 0 Å². The molecule has 0 saturated carbocycles. The van der Waals surface area contributed by atoms with Crippen LogP contribution < -0.4 is 11.3 Å². The largest absolute Gasteiger partial charge is 0.271 e. The van der Waals surface area contributed by atoms with E-state index in [9.17, 15) is 8.78 Å². The van der Waals surface area contributed by atoms with Gasteiger partial charge in [0.1, 0.15) is 11.6 Å². The van der Waals surface area contributed by atoms with Gasteiger partial charge in [0.15, 0.2) is 0 Å². The minimum atomic E-state index is -0.565. The van der Waals surface area contributed by atoms with E-state index >= 15 is 0 Å². The molecule has 106 valence electrons. The number of rotatable bonds is 3. The molecule has 1 aromatic carbocycles. The number of thioether (sulfide) groups is 2. The van der Waals surface area contributed by atoms with Gasteiger partial charge in [-0.1, -0.05) is 13.8 Å². The zero-order chi connectivity index (χ0) is 14.0. The molecule has 19 heavy (non-hydrogen) atoms. The highest BCUT2D eigenvalue weighted by molar-refractivity contribution is 8.07. The number of hydrogen-bond donors (Lipinski definition) is 2. The van der Waals surface area contributed by atoms with Crippen LogP contribution in [-0.4, -0.2) is 21.5 Å². The van der Waals surface area contributed by atoms with Crippen LogP contribution in [0.3, 0.4) is 0 Å². The lowest BCUT2D eigenvalue weighted by Gasteiger charge is -2.35. The molecule has 1 aliphatic heterocycles. The van der Waals surface area contributed by atoms with E-state index in [4.69, 9.17) is 5.84 Å². The molecular weight excluding hydrogens is 286 g/mol. The molecule has 1 fully saturated rings. The summed E-state index contributed by atoms with van der Waals surface area (Å²) in [7, 11) is 0. The summed E-state index contributed by atoms with van der Waals surface area (Å²) in [6.45, 7) is 4.37. The molecule has 0 amide bonds. The third kappa shape index (κ3) is 3.62. The van der Waals surface area contributed by atoms with Crippen LogP contribution in [0, 0.1) is 11.6 Å². The van der Waals surface area contributed by atoms with E-state index in [1.54, 1.807) is 0 Å². The van der Waals surface area contributed by atoms with Crippen LogP contribution >= 0.6 is 23.5 Å². The number of hydrazine groups is 1. The van der Waals surface area contributed by atoms with Gasteiger partial charge in [-0.25, -0.2) is 8.78 Å². The lowest BCUT2D eigenvalue weighted by atomic mass is 10.0. The van der Waals surface area contributed by atoms with Gasteiger partial charge in [0.2, 0.25) is 0 Å². The van der Waals surface area contributed by atoms with Gasteiger partial charge >= 0.3 is 0 Å². The van der Waals surface area contributed by atoms with Crippen LogP contribution in [0.4, 0.5) is 8.78 Å². The Labute approximate surface area is 120 Å². The van der Waals surface area contributed by atoms with Crippen LogP contribution in [0.1, 0.15) is 25.5 Å². The SMILES string of the molecule is CC1SCC(C(NN)c2cc(F)cc(F)c2)SC1C. The molecule has 0 aromatic heterocycles. The molecule has 4 unspecified atom stereocenters. The predicted octanol–water partition coefficient (Wildman–Crippen LogP) is 3.09. The van der Waals surface area contributed by atoms with E-state index in [0.29, 0.717) is 16.1 Å². The molecule has 4 atom stereocenters. The smallest absolute Gasteiger partial charge is 0.126 e. The van der Waals surface area contributed by atoms with Crippen molar-refractivity contribution in [2.75, 3.05) is 5.75 Å². The van der Waals surface area contributed by atoms with E-state index in [1.807, 2.05) is 23.5 Å². The Balaban J connectivity index is 2.19. The topological polar surface area (TPSA) is 38.0 Å². The summed E-state index contributed by atoms with van der Waals surface area (Å²) in [6.07, 6.45) is 0. The summed E-state index contributed by atoms with van der Waals surface area (Å²) in [4.78, 5) is 0. The summed E-state index contributed by atoms with van der Waals surface area (Å²) in [6, 6.07) is 3.34. The Bertz CT molecular complexity index is 424. The lowest BCUT2D eigenvalue weighted by molar-refractivity contribution is 0.529. The first-order valence-electron chi connectivity index (χ1n) is 6.20. The summed E-state index contributed by atoms with van der Waals surface area (Å²) in [5.41, 5.74) is 3.28. The van der Waals surface area contributed by atoms with Gasteiger partial charge in [-0.3, -0.25) is 11.3 Å². The van der Waals surface area contributed by atoms with Crippen molar-refractivity contribution in [3.8, 4) is 0 Å². The average molecular weight is 304 g/mol. The Morgan fingerprint density at radius 3 is 2.37 bits per heavy atom. The maximum Gasteiger partial charge on any atom is 0.126 e. The number of nitrogens with two attached hydrogens (primary N) is 1. The standard InChI is InChI=1S/C13H18F2N2S2/c1-7-8(2)19-12(6-18-7)13(17-16)9-3-10(14)5-11(15)4-9/h3-5,7-8,12-13,17H,6,16H2,1-2H3. The van der Waals surface area contributed by atoms with E-state index in [2.05, 4.69) is 19.3 Å². The highest BCUT2D eigenvalue weighted by Gasteiger charge is 2.32. The monoisotopic (exact) mass is 304 g/mol. The van der Waals surface area contributed by atoms with Crippen molar-refractivity contribution in [1.82, 2.24) is 5.43 Å². The van der Waals surface area contributed by atoms with E-state index < -0.39 is 11.6 Å². The zero-order valence-corrected chi connectivity index (χ0v) is 12.5. The van der Waals surface area contributed by atoms with E-state index in [0.717, 1.165) is 11.8 Å². The van der Waals surface area contributed by atoms with Gasteiger partial charge in [-0.2, -0.15) is 23.5 Å². The maximum absolute atomic E-state index is 13.3. The van der Waals surface area contributed by atoms with E-state index in [1.165, 1.54) is 12.1 Å². The van der Waals surface area contributed by atoms with Crippen molar-refractivity contribution < 1.29 is 8.78 Å². The van der Waals surface area contributed by atoms with Gasteiger partial charge in [0.25, 0.3) is 0 Å². The molecule has 0 aliphatic carbocycles. The molecule has 0 bridgehead atoms. The molecule has 1 aromatic rings. The molecule has 6 heteroatoms. The minimum absolute atomic E-state index is 0.211. The van der Waals surface area contributed by atoms with Gasteiger partial charge in [-0.05, 0) is 17.7 Å². The third-order valence-corrected chi connectivity index (χ3v) is 6.86. The van der Waals surface area contributed by atoms with Crippen LogP contribution in [0.15, 0.2) is 18.2 Å². The highest BCUT2D eigenvalue weighted by atomic mass is 32.2. The zero-order valence-electron chi connectivity index (χ0n) is 10.9. The molecule has 1 aliphatic rings. The average Bonchev–Trinajstić information content (AvgIpc) is 2.33. The van der Waals surface area contributed by atoms with Crippen molar-refractivity contribution in [2.45, 2.75) is 35.6 Å². The fourth-order valence-electron chi connectivity index (χ4n) is 2.16. The normalized spacial score (nSPS) is 29.2. The molecule has 0 spiro atoms. The van der Waals surface area contributed by atoms with Crippen molar-refractivity contribution >= 4 is 23.5 Å². The highest BCUT2D eigenvalue weighted by Crippen LogP contribution is 2.40. The first-order chi connectivity index (χ1) is 9.01.